The first-order chi connectivity index (χ1) is 12.3. The van der Waals surface area contributed by atoms with E-state index < -0.39 is 11.9 Å². The van der Waals surface area contributed by atoms with Crippen LogP contribution in [0.4, 0.5) is 0 Å². The van der Waals surface area contributed by atoms with E-state index >= 15 is 0 Å². The molecule has 0 heterocycles. The number of esters is 1. The van der Waals surface area contributed by atoms with E-state index in [0.717, 1.165) is 24.8 Å². The second kappa shape index (κ2) is 11.1. The predicted octanol–water partition coefficient (Wildman–Crippen LogP) is 4.05. The molecule has 26 heavy (non-hydrogen) atoms. The number of hydrogen-bond acceptors (Lipinski definition) is 4. The summed E-state index contributed by atoms with van der Waals surface area (Å²) in [7, 11) is 0. The highest BCUT2D eigenvalue weighted by Gasteiger charge is 2.33. The van der Waals surface area contributed by atoms with Crippen LogP contribution < -0.4 is 5.73 Å². The Hall–Kier alpha value is -1.65. The van der Waals surface area contributed by atoms with Crippen molar-refractivity contribution >= 4 is 18.1 Å². The molecule has 4 atom stereocenters. The molecule has 1 rings (SSSR count). The van der Waals surface area contributed by atoms with Gasteiger partial charge in [0, 0.05) is 12.3 Å². The van der Waals surface area contributed by atoms with Gasteiger partial charge >= 0.3 is 5.97 Å². The summed E-state index contributed by atoms with van der Waals surface area (Å²) in [4.78, 5) is 28.0. The van der Waals surface area contributed by atoms with E-state index in [9.17, 15) is 9.59 Å². The molecule has 0 aromatic heterocycles. The van der Waals surface area contributed by atoms with Crippen molar-refractivity contribution in [2.75, 3.05) is 0 Å². The fourth-order valence-corrected chi connectivity index (χ4v) is 3.61. The van der Waals surface area contributed by atoms with E-state index in [1.165, 1.54) is 12.5 Å². The Labute approximate surface area is 158 Å². The average Bonchev–Trinajstić information content (AvgIpc) is 2.54. The molecule has 1 aliphatic rings. The Bertz CT molecular complexity index is 525. The topological polar surface area (TPSA) is 81.8 Å². The third-order valence-electron chi connectivity index (χ3n) is 5.21. The normalized spacial score (nSPS) is 25.5. The van der Waals surface area contributed by atoms with Crippen molar-refractivity contribution in [3.05, 3.63) is 11.6 Å². The van der Waals surface area contributed by atoms with Crippen LogP contribution in [0, 0.1) is 17.8 Å². The number of primary amides is 1. The molecule has 1 amide bonds. The molecular formula is C21H36N2O3. The number of aliphatic imine (C=N–C) groups is 1. The van der Waals surface area contributed by atoms with Crippen LogP contribution in [0.1, 0.15) is 73.1 Å². The SMILES string of the molecule is CCCC(=C/C(=O)O[C@@H]1C[C@H](C)CC[C@H]1C(C)C)/C=N/[C@@H](CC)C(N)=O. The van der Waals surface area contributed by atoms with Crippen molar-refractivity contribution < 1.29 is 14.3 Å². The van der Waals surface area contributed by atoms with Crippen molar-refractivity contribution in [1.82, 2.24) is 0 Å². The van der Waals surface area contributed by atoms with Gasteiger partial charge in [0.2, 0.25) is 5.91 Å². The zero-order chi connectivity index (χ0) is 19.7. The summed E-state index contributed by atoms with van der Waals surface area (Å²) in [5, 5.41) is 0. The lowest BCUT2D eigenvalue weighted by Gasteiger charge is -2.36. The first kappa shape index (κ1) is 22.4. The summed E-state index contributed by atoms with van der Waals surface area (Å²) in [5.41, 5.74) is 6.10. The summed E-state index contributed by atoms with van der Waals surface area (Å²) in [5.74, 6) is 0.757. The molecule has 0 bridgehead atoms. The molecule has 0 saturated heterocycles. The van der Waals surface area contributed by atoms with Crippen molar-refractivity contribution in [3.63, 3.8) is 0 Å². The fourth-order valence-electron chi connectivity index (χ4n) is 3.61. The molecule has 0 aromatic rings. The van der Waals surface area contributed by atoms with Gasteiger partial charge in [-0.3, -0.25) is 9.79 Å². The highest BCUT2D eigenvalue weighted by molar-refractivity contribution is 5.92. The fraction of sp³-hybridized carbons (Fsp3) is 0.762. The second-order valence-electron chi connectivity index (χ2n) is 7.88. The van der Waals surface area contributed by atoms with Crippen molar-refractivity contribution in [1.29, 1.82) is 0 Å². The quantitative estimate of drug-likeness (QED) is 0.381. The highest BCUT2D eigenvalue weighted by atomic mass is 16.5. The number of allylic oxidation sites excluding steroid dienone is 1. The molecule has 1 saturated carbocycles. The first-order valence-electron chi connectivity index (χ1n) is 10.0. The van der Waals surface area contributed by atoms with Crippen LogP contribution in [-0.2, 0) is 14.3 Å². The third kappa shape index (κ3) is 7.30. The number of amides is 1. The van der Waals surface area contributed by atoms with E-state index in [1.54, 1.807) is 6.21 Å². The maximum absolute atomic E-state index is 12.5. The van der Waals surface area contributed by atoms with Crippen LogP contribution in [0.3, 0.4) is 0 Å². The maximum atomic E-state index is 12.5. The zero-order valence-corrected chi connectivity index (χ0v) is 17.0. The summed E-state index contributed by atoms with van der Waals surface area (Å²) >= 11 is 0. The van der Waals surface area contributed by atoms with Gasteiger partial charge in [0.25, 0.3) is 0 Å². The van der Waals surface area contributed by atoms with Crippen LogP contribution in [-0.4, -0.2) is 30.2 Å². The molecule has 148 valence electrons. The molecule has 0 spiro atoms. The van der Waals surface area contributed by atoms with Gasteiger partial charge in [-0.05, 0) is 49.0 Å². The largest absolute Gasteiger partial charge is 0.459 e. The van der Waals surface area contributed by atoms with Crippen LogP contribution in [0.15, 0.2) is 16.6 Å². The van der Waals surface area contributed by atoms with Gasteiger partial charge in [-0.2, -0.15) is 0 Å². The third-order valence-corrected chi connectivity index (χ3v) is 5.21. The van der Waals surface area contributed by atoms with Crippen LogP contribution >= 0.6 is 0 Å². The zero-order valence-electron chi connectivity index (χ0n) is 17.0. The number of rotatable bonds is 9. The molecule has 0 aromatic carbocycles. The molecule has 1 fully saturated rings. The number of nitrogens with two attached hydrogens (primary N) is 1. The lowest BCUT2D eigenvalue weighted by Crippen LogP contribution is -2.35. The number of nitrogens with zero attached hydrogens (tertiary/aromatic N) is 1. The Morgan fingerprint density at radius 2 is 1.96 bits per heavy atom. The van der Waals surface area contributed by atoms with E-state index in [1.807, 2.05) is 13.8 Å². The molecule has 0 unspecified atom stereocenters. The van der Waals surface area contributed by atoms with Gasteiger partial charge in [-0.25, -0.2) is 4.79 Å². The maximum Gasteiger partial charge on any atom is 0.331 e. The molecule has 0 aliphatic heterocycles. The van der Waals surface area contributed by atoms with E-state index in [0.29, 0.717) is 30.6 Å². The minimum atomic E-state index is -0.546. The predicted molar refractivity (Wildman–Crippen MR) is 106 cm³/mol. The van der Waals surface area contributed by atoms with Gasteiger partial charge in [0.05, 0.1) is 0 Å². The smallest absolute Gasteiger partial charge is 0.331 e. The average molecular weight is 365 g/mol. The number of carbonyl (C=O) groups excluding carboxylic acids is 2. The highest BCUT2D eigenvalue weighted by Crippen LogP contribution is 2.35. The summed E-state index contributed by atoms with van der Waals surface area (Å²) in [6.45, 7) is 10.5. The molecule has 2 N–H and O–H groups in total. The van der Waals surface area contributed by atoms with Gasteiger partial charge in [-0.1, -0.05) is 47.5 Å². The van der Waals surface area contributed by atoms with Crippen LogP contribution in [0.5, 0.6) is 0 Å². The minimum absolute atomic E-state index is 0.0173. The van der Waals surface area contributed by atoms with Crippen LogP contribution in [0.25, 0.3) is 0 Å². The van der Waals surface area contributed by atoms with E-state index in [-0.39, 0.29) is 12.1 Å². The van der Waals surface area contributed by atoms with Gasteiger partial charge in [0.1, 0.15) is 12.1 Å². The molecule has 0 radical (unpaired) electrons. The Morgan fingerprint density at radius 3 is 2.50 bits per heavy atom. The second-order valence-corrected chi connectivity index (χ2v) is 7.88. The first-order valence-corrected chi connectivity index (χ1v) is 10.0. The summed E-state index contributed by atoms with van der Waals surface area (Å²) in [6, 6.07) is -0.546. The minimum Gasteiger partial charge on any atom is -0.459 e. The van der Waals surface area contributed by atoms with E-state index in [2.05, 4.69) is 25.8 Å². The summed E-state index contributed by atoms with van der Waals surface area (Å²) in [6.07, 6.45) is 8.49. The Morgan fingerprint density at radius 1 is 1.27 bits per heavy atom. The Kier molecular flexibility index (Phi) is 9.60. The number of carbonyl (C=O) groups is 2. The van der Waals surface area contributed by atoms with Gasteiger partial charge < -0.3 is 10.5 Å². The lowest BCUT2D eigenvalue weighted by molar-refractivity contribution is -0.149. The summed E-state index contributed by atoms with van der Waals surface area (Å²) < 4.78 is 5.82. The van der Waals surface area contributed by atoms with Crippen molar-refractivity contribution in [3.8, 4) is 0 Å². The molecule has 1 aliphatic carbocycles. The number of hydrogen-bond donors (Lipinski definition) is 1. The molecule has 5 nitrogen and oxygen atoms in total. The molecular weight excluding hydrogens is 328 g/mol. The monoisotopic (exact) mass is 364 g/mol. The Balaban J connectivity index is 2.82. The lowest BCUT2D eigenvalue weighted by atomic mass is 9.75. The van der Waals surface area contributed by atoms with Gasteiger partial charge in [0.15, 0.2) is 0 Å². The van der Waals surface area contributed by atoms with Crippen LogP contribution in [0.2, 0.25) is 0 Å². The van der Waals surface area contributed by atoms with E-state index in [4.69, 9.17) is 10.5 Å². The molecule has 5 heteroatoms. The van der Waals surface area contributed by atoms with Crippen molar-refractivity contribution in [2.45, 2.75) is 85.3 Å². The van der Waals surface area contributed by atoms with Crippen molar-refractivity contribution in [2.24, 2.45) is 28.5 Å². The standard InChI is InChI=1S/C21H36N2O3/c1-6-8-16(13-23-18(7-2)21(22)25)12-20(24)26-19-11-15(5)9-10-17(19)14(3)4/h12-15,17-19H,6-11H2,1-5H3,(H2,22,25)/b16-12-,23-13+/t15-,17+,18+,19-/m1/s1. The van der Waals surface area contributed by atoms with Gasteiger partial charge in [-0.15, -0.1) is 0 Å². The number of ether oxygens (including phenoxy) is 1.